The fourth-order valence-corrected chi connectivity index (χ4v) is 2.89. The molecule has 5 heteroatoms. The predicted octanol–water partition coefficient (Wildman–Crippen LogP) is 3.39. The predicted molar refractivity (Wildman–Crippen MR) is 75.2 cm³/mol. The molecule has 0 radical (unpaired) electrons. The average molecular weight is 263 g/mol. The van der Waals surface area contributed by atoms with Gasteiger partial charge in [0.2, 0.25) is 0 Å². The van der Waals surface area contributed by atoms with Crippen molar-refractivity contribution in [3.05, 3.63) is 27.9 Å². The fourth-order valence-electron chi connectivity index (χ4n) is 2.89. The molecule has 0 bridgehead atoms. The molecule has 1 aliphatic rings. The van der Waals surface area contributed by atoms with Gasteiger partial charge >= 0.3 is 0 Å². The lowest BCUT2D eigenvalue weighted by atomic mass is 10.0. The minimum absolute atomic E-state index is 0.0673. The first-order valence-corrected chi connectivity index (χ1v) is 6.53. The summed E-state index contributed by atoms with van der Waals surface area (Å²) in [5.74, 6) is 1.30. The van der Waals surface area contributed by atoms with Crippen molar-refractivity contribution in [2.75, 3.05) is 11.9 Å². The van der Waals surface area contributed by atoms with E-state index in [2.05, 4.69) is 38.0 Å². The normalized spacial score (nSPS) is 20.1. The number of rotatable bonds is 4. The van der Waals surface area contributed by atoms with E-state index in [-0.39, 0.29) is 5.69 Å². The minimum Gasteiger partial charge on any atom is -0.370 e. The Morgan fingerprint density at radius 3 is 2.37 bits per heavy atom. The van der Waals surface area contributed by atoms with Crippen molar-refractivity contribution >= 4 is 11.5 Å². The van der Waals surface area contributed by atoms with Crippen LogP contribution in [-0.2, 0) is 0 Å². The summed E-state index contributed by atoms with van der Waals surface area (Å²) in [5.41, 5.74) is 1.36. The Kier molecular flexibility index (Phi) is 3.03. The topological polar surface area (TPSA) is 68.1 Å². The van der Waals surface area contributed by atoms with Gasteiger partial charge in [-0.05, 0) is 29.7 Å². The lowest BCUT2D eigenvalue weighted by Gasteiger charge is -2.07. The Balaban J connectivity index is 2.02. The van der Waals surface area contributed by atoms with Gasteiger partial charge in [-0.25, -0.2) is 4.98 Å². The summed E-state index contributed by atoms with van der Waals surface area (Å²) in [5, 5.41) is 14.0. The third-order valence-corrected chi connectivity index (χ3v) is 5.09. The molecule has 1 fully saturated rings. The third kappa shape index (κ3) is 2.17. The number of nitro groups is 1. The summed E-state index contributed by atoms with van der Waals surface area (Å²) in [6.07, 6.45) is 1.32. The van der Waals surface area contributed by atoms with E-state index in [9.17, 15) is 10.1 Å². The largest absolute Gasteiger partial charge is 0.370 e. The molecule has 0 amide bonds. The highest BCUT2D eigenvalue weighted by atomic mass is 16.6. The van der Waals surface area contributed by atoms with E-state index in [1.165, 1.54) is 6.20 Å². The number of hydrogen-bond acceptors (Lipinski definition) is 4. The second kappa shape index (κ2) is 4.18. The SMILES string of the molecule is Cc1cc(NCC2C(C)(C)C2(C)C)ncc1[N+](=O)[O-]. The van der Waals surface area contributed by atoms with Crippen LogP contribution in [0.2, 0.25) is 0 Å². The number of aryl methyl sites for hydroxylation is 1. The van der Waals surface area contributed by atoms with Gasteiger partial charge in [0.15, 0.2) is 0 Å². The molecule has 5 nitrogen and oxygen atoms in total. The maximum atomic E-state index is 10.7. The van der Waals surface area contributed by atoms with Crippen molar-refractivity contribution in [3.63, 3.8) is 0 Å². The van der Waals surface area contributed by atoms with Crippen LogP contribution in [0.5, 0.6) is 0 Å². The van der Waals surface area contributed by atoms with Crippen LogP contribution in [0, 0.1) is 33.8 Å². The van der Waals surface area contributed by atoms with Gasteiger partial charge in [-0.15, -0.1) is 0 Å². The highest BCUT2D eigenvalue weighted by molar-refractivity contribution is 5.47. The van der Waals surface area contributed by atoms with E-state index in [4.69, 9.17) is 0 Å². The quantitative estimate of drug-likeness (QED) is 0.667. The van der Waals surface area contributed by atoms with Crippen LogP contribution in [0.25, 0.3) is 0 Å². The number of aromatic nitrogens is 1. The highest BCUT2D eigenvalue weighted by Gasteiger charge is 2.64. The molecule has 0 unspecified atom stereocenters. The first-order chi connectivity index (χ1) is 8.68. The molecule has 0 aromatic carbocycles. The molecule has 1 aromatic heterocycles. The van der Waals surface area contributed by atoms with Crippen molar-refractivity contribution in [2.24, 2.45) is 16.7 Å². The third-order valence-electron chi connectivity index (χ3n) is 5.09. The Morgan fingerprint density at radius 2 is 1.95 bits per heavy atom. The van der Waals surface area contributed by atoms with Crippen LogP contribution < -0.4 is 5.32 Å². The zero-order valence-corrected chi connectivity index (χ0v) is 12.2. The number of hydrogen-bond donors (Lipinski definition) is 1. The first kappa shape index (κ1) is 13.8. The standard InChI is InChI=1S/C14H21N3O2/c1-9-6-12(15-7-10(9)17(18)19)16-8-11-13(2,3)14(11,4)5/h6-7,11H,8H2,1-5H3,(H,15,16). The zero-order valence-electron chi connectivity index (χ0n) is 12.2. The second-order valence-corrected chi connectivity index (χ2v) is 6.49. The van der Waals surface area contributed by atoms with E-state index in [1.54, 1.807) is 13.0 Å². The van der Waals surface area contributed by atoms with Gasteiger partial charge in [0.05, 0.1) is 4.92 Å². The molecular weight excluding hydrogens is 242 g/mol. The number of pyridine rings is 1. The summed E-state index contributed by atoms with van der Waals surface area (Å²) in [7, 11) is 0. The van der Waals surface area contributed by atoms with E-state index in [0.29, 0.717) is 28.1 Å². The van der Waals surface area contributed by atoms with Gasteiger partial charge < -0.3 is 5.32 Å². The second-order valence-electron chi connectivity index (χ2n) is 6.49. The van der Waals surface area contributed by atoms with Crippen molar-refractivity contribution in [1.82, 2.24) is 4.98 Å². The summed E-state index contributed by atoms with van der Waals surface area (Å²) < 4.78 is 0. The Labute approximate surface area is 113 Å². The first-order valence-electron chi connectivity index (χ1n) is 6.53. The van der Waals surface area contributed by atoms with E-state index >= 15 is 0 Å². The van der Waals surface area contributed by atoms with Crippen LogP contribution in [0.15, 0.2) is 12.3 Å². The molecule has 1 heterocycles. The lowest BCUT2D eigenvalue weighted by molar-refractivity contribution is -0.385. The Hall–Kier alpha value is -1.65. The van der Waals surface area contributed by atoms with Crippen molar-refractivity contribution < 1.29 is 4.92 Å². The molecule has 104 valence electrons. The Bertz CT molecular complexity index is 509. The molecule has 1 saturated carbocycles. The molecule has 0 atom stereocenters. The number of nitrogens with zero attached hydrogens (tertiary/aromatic N) is 2. The highest BCUT2D eigenvalue weighted by Crippen LogP contribution is 2.68. The van der Waals surface area contributed by atoms with Gasteiger partial charge in [-0.2, -0.15) is 0 Å². The lowest BCUT2D eigenvalue weighted by Crippen LogP contribution is -2.09. The molecule has 0 aliphatic heterocycles. The van der Waals surface area contributed by atoms with Gasteiger partial charge in [-0.1, -0.05) is 27.7 Å². The smallest absolute Gasteiger partial charge is 0.290 e. The zero-order chi connectivity index (χ0) is 14.4. The van der Waals surface area contributed by atoms with Gasteiger partial charge in [-0.3, -0.25) is 10.1 Å². The molecular formula is C14H21N3O2. The molecule has 2 rings (SSSR count). The maximum absolute atomic E-state index is 10.7. The molecule has 1 N–H and O–H groups in total. The van der Waals surface area contributed by atoms with Crippen LogP contribution in [0.3, 0.4) is 0 Å². The van der Waals surface area contributed by atoms with Gasteiger partial charge in [0.1, 0.15) is 12.0 Å². The number of anilines is 1. The summed E-state index contributed by atoms with van der Waals surface area (Å²) in [6.45, 7) is 11.7. The minimum atomic E-state index is -0.404. The summed E-state index contributed by atoms with van der Waals surface area (Å²) in [6, 6.07) is 1.74. The maximum Gasteiger partial charge on any atom is 0.290 e. The molecule has 1 aromatic rings. The van der Waals surface area contributed by atoms with E-state index in [1.807, 2.05) is 0 Å². The van der Waals surface area contributed by atoms with Crippen molar-refractivity contribution in [1.29, 1.82) is 0 Å². The molecule has 19 heavy (non-hydrogen) atoms. The van der Waals surface area contributed by atoms with Gasteiger partial charge in [0, 0.05) is 12.1 Å². The summed E-state index contributed by atoms with van der Waals surface area (Å²) in [4.78, 5) is 14.4. The molecule has 0 spiro atoms. The van der Waals surface area contributed by atoms with E-state index < -0.39 is 4.92 Å². The summed E-state index contributed by atoms with van der Waals surface area (Å²) >= 11 is 0. The Morgan fingerprint density at radius 1 is 1.37 bits per heavy atom. The van der Waals surface area contributed by atoms with Crippen LogP contribution in [-0.4, -0.2) is 16.5 Å². The monoisotopic (exact) mass is 263 g/mol. The van der Waals surface area contributed by atoms with Crippen molar-refractivity contribution in [3.8, 4) is 0 Å². The van der Waals surface area contributed by atoms with Crippen LogP contribution in [0.4, 0.5) is 11.5 Å². The van der Waals surface area contributed by atoms with Crippen molar-refractivity contribution in [2.45, 2.75) is 34.6 Å². The fraction of sp³-hybridized carbons (Fsp3) is 0.643. The van der Waals surface area contributed by atoms with Gasteiger partial charge in [0.25, 0.3) is 5.69 Å². The van der Waals surface area contributed by atoms with Crippen LogP contribution in [0.1, 0.15) is 33.3 Å². The molecule has 0 saturated heterocycles. The average Bonchev–Trinajstić information content (AvgIpc) is 2.66. The van der Waals surface area contributed by atoms with Crippen LogP contribution >= 0.6 is 0 Å². The molecule has 1 aliphatic carbocycles. The van der Waals surface area contributed by atoms with E-state index in [0.717, 1.165) is 6.54 Å². The number of nitrogens with one attached hydrogen (secondary N) is 1.